The molecule has 3 aromatic carbocycles. The Kier molecular flexibility index (Phi) is 6.80. The van der Waals surface area contributed by atoms with Gasteiger partial charge in [-0.25, -0.2) is 8.42 Å². The van der Waals surface area contributed by atoms with E-state index in [0.29, 0.717) is 24.3 Å². The van der Waals surface area contributed by atoms with Gasteiger partial charge < -0.3 is 4.90 Å². The molecule has 1 heterocycles. The quantitative estimate of drug-likeness (QED) is 0.415. The van der Waals surface area contributed by atoms with Crippen molar-refractivity contribution in [1.29, 1.82) is 0 Å². The van der Waals surface area contributed by atoms with Gasteiger partial charge in [0, 0.05) is 31.0 Å². The highest BCUT2D eigenvalue weighted by Crippen LogP contribution is 2.19. The second kappa shape index (κ2) is 10.1. The van der Waals surface area contributed by atoms with E-state index in [2.05, 4.69) is 9.71 Å². The van der Waals surface area contributed by atoms with Crippen molar-refractivity contribution in [2.24, 2.45) is 0 Å². The van der Waals surface area contributed by atoms with Crippen LogP contribution < -0.4 is 4.72 Å². The van der Waals surface area contributed by atoms with E-state index in [9.17, 15) is 13.2 Å². The lowest BCUT2D eigenvalue weighted by Crippen LogP contribution is -2.30. The molecule has 0 fully saturated rings. The first-order chi connectivity index (χ1) is 16.0. The van der Waals surface area contributed by atoms with E-state index in [0.717, 1.165) is 11.1 Å². The maximum atomic E-state index is 13.4. The first-order valence-corrected chi connectivity index (χ1v) is 11.9. The number of carbonyl (C=O) groups is 1. The van der Waals surface area contributed by atoms with Gasteiger partial charge in [0.15, 0.2) is 0 Å². The van der Waals surface area contributed by atoms with Gasteiger partial charge in [0.2, 0.25) is 0 Å². The van der Waals surface area contributed by atoms with E-state index < -0.39 is 10.0 Å². The van der Waals surface area contributed by atoms with Crippen LogP contribution in [0.3, 0.4) is 0 Å². The third-order valence-electron chi connectivity index (χ3n) is 5.06. The summed E-state index contributed by atoms with van der Waals surface area (Å²) in [5, 5.41) is 0. The minimum Gasteiger partial charge on any atom is -0.330 e. The maximum absolute atomic E-state index is 13.4. The van der Waals surface area contributed by atoms with Gasteiger partial charge in [0.25, 0.3) is 15.9 Å². The van der Waals surface area contributed by atoms with Crippen LogP contribution in [0.4, 0.5) is 5.69 Å². The Hall–Kier alpha value is -3.97. The number of hydrogen-bond acceptors (Lipinski definition) is 4. The Morgan fingerprint density at radius 1 is 0.727 bits per heavy atom. The fraction of sp³-hybridized carbons (Fsp3) is 0.0769. The zero-order chi connectivity index (χ0) is 23.1. The molecular formula is C26H23N3O3S. The molecule has 0 aliphatic heterocycles. The summed E-state index contributed by atoms with van der Waals surface area (Å²) in [5.41, 5.74) is 2.87. The number of nitrogens with one attached hydrogen (secondary N) is 1. The zero-order valence-electron chi connectivity index (χ0n) is 17.8. The molecule has 1 aromatic heterocycles. The predicted octanol–water partition coefficient (Wildman–Crippen LogP) is 4.73. The summed E-state index contributed by atoms with van der Waals surface area (Å²) in [6.45, 7) is 0.885. The van der Waals surface area contributed by atoms with Gasteiger partial charge in [-0.05, 0) is 47.5 Å². The Bertz CT molecular complexity index is 1250. The van der Waals surface area contributed by atoms with Crippen LogP contribution in [-0.4, -0.2) is 24.2 Å². The highest BCUT2D eigenvalue weighted by atomic mass is 32.2. The van der Waals surface area contributed by atoms with Gasteiger partial charge in [-0.3, -0.25) is 14.5 Å². The van der Waals surface area contributed by atoms with E-state index >= 15 is 0 Å². The van der Waals surface area contributed by atoms with Crippen LogP contribution >= 0.6 is 0 Å². The molecule has 1 amide bonds. The van der Waals surface area contributed by atoms with Gasteiger partial charge in [-0.2, -0.15) is 0 Å². The average Bonchev–Trinajstić information content (AvgIpc) is 2.85. The Morgan fingerprint density at radius 3 is 1.76 bits per heavy atom. The molecule has 0 aliphatic rings. The molecule has 166 valence electrons. The average molecular weight is 458 g/mol. The lowest BCUT2D eigenvalue weighted by atomic mass is 10.1. The zero-order valence-corrected chi connectivity index (χ0v) is 18.7. The summed E-state index contributed by atoms with van der Waals surface area (Å²) in [6, 6.07) is 28.7. The second-order valence-corrected chi connectivity index (χ2v) is 9.18. The number of sulfonamides is 1. The SMILES string of the molecule is O=C(c1ccc(S(=O)(=O)Nc2ccncc2)cc1)N(Cc1ccccc1)Cc1ccccc1. The van der Waals surface area contributed by atoms with E-state index in [1.165, 1.54) is 24.5 Å². The smallest absolute Gasteiger partial charge is 0.261 e. The van der Waals surface area contributed by atoms with Crippen molar-refractivity contribution in [2.45, 2.75) is 18.0 Å². The van der Waals surface area contributed by atoms with E-state index in [4.69, 9.17) is 0 Å². The minimum absolute atomic E-state index is 0.0773. The normalized spacial score (nSPS) is 11.0. The Balaban J connectivity index is 1.55. The van der Waals surface area contributed by atoms with Gasteiger partial charge in [-0.15, -0.1) is 0 Å². The van der Waals surface area contributed by atoms with E-state index in [1.807, 2.05) is 60.7 Å². The summed E-state index contributed by atoms with van der Waals surface area (Å²) in [7, 11) is -3.78. The van der Waals surface area contributed by atoms with Gasteiger partial charge in [0.1, 0.15) is 0 Å². The first kappa shape index (κ1) is 22.2. The molecule has 4 rings (SSSR count). The number of pyridine rings is 1. The number of anilines is 1. The van der Waals surface area contributed by atoms with Crippen LogP contribution in [0.15, 0.2) is 114 Å². The monoisotopic (exact) mass is 457 g/mol. The van der Waals surface area contributed by atoms with Crippen LogP contribution in [0, 0.1) is 0 Å². The Labute approximate surface area is 193 Å². The van der Waals surface area contributed by atoms with Crippen LogP contribution in [0.5, 0.6) is 0 Å². The number of nitrogens with zero attached hydrogens (tertiary/aromatic N) is 2. The Morgan fingerprint density at radius 2 is 1.24 bits per heavy atom. The molecule has 0 saturated carbocycles. The maximum Gasteiger partial charge on any atom is 0.261 e. The molecule has 0 spiro atoms. The van der Waals surface area contributed by atoms with Gasteiger partial charge in [0.05, 0.1) is 10.6 Å². The van der Waals surface area contributed by atoms with E-state index in [1.54, 1.807) is 29.2 Å². The van der Waals surface area contributed by atoms with Crippen molar-refractivity contribution in [3.8, 4) is 0 Å². The van der Waals surface area contributed by atoms with Crippen molar-refractivity contribution in [2.75, 3.05) is 4.72 Å². The molecular weight excluding hydrogens is 434 g/mol. The van der Waals surface area contributed by atoms with Gasteiger partial charge in [-0.1, -0.05) is 60.7 Å². The minimum atomic E-state index is -3.78. The van der Waals surface area contributed by atoms with Crippen molar-refractivity contribution < 1.29 is 13.2 Å². The largest absolute Gasteiger partial charge is 0.330 e. The number of aromatic nitrogens is 1. The summed E-state index contributed by atoms with van der Waals surface area (Å²) >= 11 is 0. The summed E-state index contributed by atoms with van der Waals surface area (Å²) in [6.07, 6.45) is 3.02. The lowest BCUT2D eigenvalue weighted by Gasteiger charge is -2.23. The fourth-order valence-corrected chi connectivity index (χ4v) is 4.46. The van der Waals surface area contributed by atoms with Crippen LogP contribution in [-0.2, 0) is 23.1 Å². The van der Waals surface area contributed by atoms with Crippen LogP contribution in [0.2, 0.25) is 0 Å². The molecule has 0 bridgehead atoms. The van der Waals surface area contributed by atoms with Crippen LogP contribution in [0.25, 0.3) is 0 Å². The molecule has 4 aromatic rings. The molecule has 33 heavy (non-hydrogen) atoms. The predicted molar refractivity (Wildman–Crippen MR) is 128 cm³/mol. The van der Waals surface area contributed by atoms with Crippen LogP contribution in [0.1, 0.15) is 21.5 Å². The van der Waals surface area contributed by atoms with E-state index in [-0.39, 0.29) is 10.8 Å². The number of carbonyl (C=O) groups excluding carboxylic acids is 1. The molecule has 0 atom stereocenters. The third-order valence-corrected chi connectivity index (χ3v) is 6.46. The number of hydrogen-bond donors (Lipinski definition) is 1. The van der Waals surface area contributed by atoms with Crippen molar-refractivity contribution in [1.82, 2.24) is 9.88 Å². The highest BCUT2D eigenvalue weighted by molar-refractivity contribution is 7.92. The molecule has 6 nitrogen and oxygen atoms in total. The summed E-state index contributed by atoms with van der Waals surface area (Å²) in [5.74, 6) is -0.172. The van der Waals surface area contributed by atoms with Gasteiger partial charge >= 0.3 is 0 Å². The molecule has 0 aliphatic carbocycles. The first-order valence-electron chi connectivity index (χ1n) is 10.4. The number of amides is 1. The van der Waals surface area contributed by atoms with Crippen molar-refractivity contribution in [3.05, 3.63) is 126 Å². The molecule has 0 radical (unpaired) electrons. The summed E-state index contributed by atoms with van der Waals surface area (Å²) in [4.78, 5) is 19.1. The topological polar surface area (TPSA) is 79.4 Å². The third kappa shape index (κ3) is 5.84. The van der Waals surface area contributed by atoms with Crippen molar-refractivity contribution in [3.63, 3.8) is 0 Å². The molecule has 1 N–H and O–H groups in total. The number of rotatable bonds is 8. The molecule has 0 unspecified atom stereocenters. The number of benzene rings is 3. The lowest BCUT2D eigenvalue weighted by molar-refractivity contribution is 0.0730. The fourth-order valence-electron chi connectivity index (χ4n) is 3.40. The second-order valence-electron chi connectivity index (χ2n) is 7.50. The summed E-state index contributed by atoms with van der Waals surface area (Å²) < 4.78 is 27.9. The van der Waals surface area contributed by atoms with Crippen molar-refractivity contribution >= 4 is 21.6 Å². The molecule has 7 heteroatoms. The molecule has 0 saturated heterocycles. The standard InChI is InChI=1S/C26H23N3O3S/c30-26(29(19-21-7-3-1-4-8-21)20-22-9-5-2-6-10-22)23-11-13-25(14-12-23)33(31,32)28-24-15-17-27-18-16-24/h1-18H,19-20H2,(H,27,28). The highest BCUT2D eigenvalue weighted by Gasteiger charge is 2.19.